The molecule has 0 aliphatic heterocycles. The number of para-hydroxylation sites is 1. The van der Waals surface area contributed by atoms with Crippen molar-refractivity contribution >= 4 is 22.7 Å². The fraction of sp³-hybridized carbons (Fsp3) is 0.0870. The molecule has 0 unspecified atom stereocenters. The van der Waals surface area contributed by atoms with E-state index < -0.39 is 17.2 Å². The molecule has 0 fully saturated rings. The zero-order valence-electron chi connectivity index (χ0n) is 16.1. The largest absolute Gasteiger partial charge is 0.493 e. The third-order valence-electron chi connectivity index (χ3n) is 4.46. The lowest BCUT2D eigenvalue weighted by atomic mass is 10.2. The number of hydrogen-bond donors (Lipinski definition) is 0. The smallest absolute Gasteiger partial charge is 0.266 e. The zero-order chi connectivity index (χ0) is 21.8. The average molecular weight is 435 g/mol. The number of nitriles is 1. The van der Waals surface area contributed by atoms with E-state index >= 15 is 0 Å². The molecule has 8 heteroatoms. The van der Waals surface area contributed by atoms with Crippen molar-refractivity contribution in [3.8, 4) is 17.5 Å². The van der Waals surface area contributed by atoms with Crippen molar-refractivity contribution in [2.45, 2.75) is 5.16 Å². The zero-order valence-corrected chi connectivity index (χ0v) is 16.9. The molecule has 0 aliphatic carbocycles. The van der Waals surface area contributed by atoms with Crippen LogP contribution in [-0.4, -0.2) is 21.9 Å². The fourth-order valence-corrected chi connectivity index (χ4v) is 3.82. The summed E-state index contributed by atoms with van der Waals surface area (Å²) in [5, 5.41) is 9.46. The van der Waals surface area contributed by atoms with Crippen LogP contribution >= 0.6 is 11.8 Å². The molecule has 5 nitrogen and oxygen atoms in total. The Morgan fingerprint density at radius 3 is 2.58 bits per heavy atom. The summed E-state index contributed by atoms with van der Waals surface area (Å²) in [5.41, 5.74) is 0.515. The first-order chi connectivity index (χ1) is 15.1. The topological polar surface area (TPSA) is 67.9 Å². The van der Waals surface area contributed by atoms with Crippen molar-refractivity contribution in [2.24, 2.45) is 0 Å². The van der Waals surface area contributed by atoms with E-state index in [0.717, 1.165) is 16.7 Å². The monoisotopic (exact) mass is 435 g/mol. The van der Waals surface area contributed by atoms with Crippen LogP contribution in [0.2, 0.25) is 0 Å². The lowest BCUT2D eigenvalue weighted by Gasteiger charge is -2.14. The molecule has 0 aliphatic rings. The van der Waals surface area contributed by atoms with Crippen molar-refractivity contribution in [3.63, 3.8) is 0 Å². The van der Waals surface area contributed by atoms with E-state index in [1.165, 1.54) is 17.8 Å². The normalized spacial score (nSPS) is 10.7. The van der Waals surface area contributed by atoms with Gasteiger partial charge in [-0.15, -0.1) is 0 Å². The predicted octanol–water partition coefficient (Wildman–Crippen LogP) is 4.71. The molecular formula is C23H15F2N3O2S. The Morgan fingerprint density at radius 2 is 1.84 bits per heavy atom. The van der Waals surface area contributed by atoms with Gasteiger partial charge < -0.3 is 4.74 Å². The molecule has 3 aromatic carbocycles. The van der Waals surface area contributed by atoms with Gasteiger partial charge in [0.1, 0.15) is 17.4 Å². The van der Waals surface area contributed by atoms with Gasteiger partial charge >= 0.3 is 0 Å². The van der Waals surface area contributed by atoms with E-state index in [-0.39, 0.29) is 10.8 Å². The summed E-state index contributed by atoms with van der Waals surface area (Å²) < 4.78 is 34.7. The molecule has 0 amide bonds. The van der Waals surface area contributed by atoms with Gasteiger partial charge in [-0.2, -0.15) is 5.26 Å². The van der Waals surface area contributed by atoms with Crippen molar-refractivity contribution < 1.29 is 13.5 Å². The number of ether oxygens (including phenoxy) is 1. The van der Waals surface area contributed by atoms with Gasteiger partial charge in [-0.1, -0.05) is 23.9 Å². The first kappa shape index (κ1) is 20.6. The van der Waals surface area contributed by atoms with Crippen LogP contribution in [0.5, 0.6) is 5.75 Å². The van der Waals surface area contributed by atoms with Crippen molar-refractivity contribution in [1.82, 2.24) is 9.55 Å². The van der Waals surface area contributed by atoms with E-state index in [0.29, 0.717) is 34.6 Å². The van der Waals surface area contributed by atoms with Gasteiger partial charge in [0.2, 0.25) is 0 Å². The standard InChI is InChI=1S/C23H15F2N3O2S/c24-16-7-10-21(19(25)13-16)28-22(29)18-3-1-2-4-20(18)27-23(28)31-12-11-30-17-8-5-15(14-26)6-9-17/h1-10,13H,11-12H2. The van der Waals surface area contributed by atoms with Gasteiger partial charge in [0, 0.05) is 11.8 Å². The third-order valence-corrected chi connectivity index (χ3v) is 5.37. The number of fused-ring (bicyclic) bond motifs is 1. The van der Waals surface area contributed by atoms with E-state index in [4.69, 9.17) is 10.00 Å². The molecule has 1 heterocycles. The predicted molar refractivity (Wildman–Crippen MR) is 115 cm³/mol. The molecule has 154 valence electrons. The molecule has 0 saturated heterocycles. The summed E-state index contributed by atoms with van der Waals surface area (Å²) in [6, 6.07) is 18.6. The van der Waals surface area contributed by atoms with Gasteiger partial charge in [-0.3, -0.25) is 9.36 Å². The molecule has 4 aromatic rings. The molecule has 4 rings (SSSR count). The number of benzene rings is 3. The summed E-state index contributed by atoms with van der Waals surface area (Å²) in [7, 11) is 0. The maximum atomic E-state index is 14.5. The van der Waals surface area contributed by atoms with Gasteiger partial charge in [0.15, 0.2) is 5.16 Å². The Bertz CT molecular complexity index is 1350. The van der Waals surface area contributed by atoms with E-state index in [1.807, 2.05) is 6.07 Å². The SMILES string of the molecule is N#Cc1ccc(OCCSc2nc3ccccc3c(=O)n2-c2ccc(F)cc2F)cc1. The lowest BCUT2D eigenvalue weighted by Crippen LogP contribution is -2.23. The summed E-state index contributed by atoms with van der Waals surface area (Å²) in [5.74, 6) is -0.552. The molecule has 1 aromatic heterocycles. The minimum absolute atomic E-state index is 0.0693. The lowest BCUT2D eigenvalue weighted by molar-refractivity contribution is 0.344. The van der Waals surface area contributed by atoms with Crippen LogP contribution in [0.25, 0.3) is 16.6 Å². The van der Waals surface area contributed by atoms with Crippen LogP contribution in [0.3, 0.4) is 0 Å². The molecular weight excluding hydrogens is 420 g/mol. The van der Waals surface area contributed by atoms with Crippen LogP contribution in [-0.2, 0) is 0 Å². The number of halogens is 2. The second-order valence-electron chi connectivity index (χ2n) is 6.48. The van der Waals surface area contributed by atoms with Crippen LogP contribution in [0.1, 0.15) is 5.56 Å². The van der Waals surface area contributed by atoms with Crippen LogP contribution in [0, 0.1) is 23.0 Å². The third kappa shape index (κ3) is 4.42. The Balaban J connectivity index is 1.62. The highest BCUT2D eigenvalue weighted by Crippen LogP contribution is 2.23. The second-order valence-corrected chi connectivity index (χ2v) is 7.54. The second kappa shape index (κ2) is 8.98. The number of aromatic nitrogens is 2. The number of rotatable bonds is 6. The van der Waals surface area contributed by atoms with E-state index in [2.05, 4.69) is 4.98 Å². The van der Waals surface area contributed by atoms with Gasteiger partial charge in [-0.25, -0.2) is 13.8 Å². The fourth-order valence-electron chi connectivity index (χ4n) is 3.00. The quantitative estimate of drug-likeness (QED) is 0.249. The van der Waals surface area contributed by atoms with Gasteiger partial charge in [0.25, 0.3) is 5.56 Å². The molecule has 31 heavy (non-hydrogen) atoms. The Morgan fingerprint density at radius 1 is 1.06 bits per heavy atom. The van der Waals surface area contributed by atoms with Crippen molar-refractivity contribution in [1.29, 1.82) is 5.26 Å². The van der Waals surface area contributed by atoms with Crippen LogP contribution < -0.4 is 10.3 Å². The van der Waals surface area contributed by atoms with Gasteiger partial charge in [-0.05, 0) is 48.5 Å². The minimum atomic E-state index is -0.852. The Labute approximate surface area is 180 Å². The number of thioether (sulfide) groups is 1. The number of nitrogens with zero attached hydrogens (tertiary/aromatic N) is 3. The summed E-state index contributed by atoms with van der Waals surface area (Å²) in [4.78, 5) is 17.6. The Hall–Kier alpha value is -3.70. The highest BCUT2D eigenvalue weighted by molar-refractivity contribution is 7.99. The van der Waals surface area contributed by atoms with Crippen molar-refractivity contribution in [3.05, 3.63) is 94.3 Å². The first-order valence-electron chi connectivity index (χ1n) is 9.30. The van der Waals surface area contributed by atoms with Gasteiger partial charge in [0.05, 0.1) is 34.8 Å². The van der Waals surface area contributed by atoms with E-state index in [9.17, 15) is 13.6 Å². The van der Waals surface area contributed by atoms with Crippen LogP contribution in [0.4, 0.5) is 8.78 Å². The molecule has 0 spiro atoms. The van der Waals surface area contributed by atoms with Crippen LogP contribution in [0.15, 0.2) is 76.7 Å². The molecule has 0 saturated carbocycles. The average Bonchev–Trinajstić information content (AvgIpc) is 2.78. The molecule has 0 N–H and O–H groups in total. The van der Waals surface area contributed by atoms with E-state index in [1.54, 1.807) is 48.5 Å². The number of hydrogen-bond acceptors (Lipinski definition) is 5. The molecule has 0 bridgehead atoms. The molecule has 0 atom stereocenters. The minimum Gasteiger partial charge on any atom is -0.493 e. The maximum Gasteiger partial charge on any atom is 0.266 e. The summed E-state index contributed by atoms with van der Waals surface area (Å²) in [6.45, 7) is 0.297. The highest BCUT2D eigenvalue weighted by Gasteiger charge is 2.16. The van der Waals surface area contributed by atoms with Crippen molar-refractivity contribution in [2.75, 3.05) is 12.4 Å². The molecule has 0 radical (unpaired) electrons. The first-order valence-corrected chi connectivity index (χ1v) is 10.3. The summed E-state index contributed by atoms with van der Waals surface area (Å²) >= 11 is 1.22. The Kier molecular flexibility index (Phi) is 5.96. The summed E-state index contributed by atoms with van der Waals surface area (Å²) in [6.07, 6.45) is 0. The maximum absolute atomic E-state index is 14.5. The highest BCUT2D eigenvalue weighted by atomic mass is 32.2.